The first-order valence-corrected chi connectivity index (χ1v) is 7.87. The third-order valence-corrected chi connectivity index (χ3v) is 3.64. The number of anilines is 2. The Hall–Kier alpha value is -2.99. The van der Waals surface area contributed by atoms with E-state index in [1.807, 2.05) is 0 Å². The molecule has 3 rings (SSSR count). The lowest BCUT2D eigenvalue weighted by Crippen LogP contribution is -2.24. The topological polar surface area (TPSA) is 66.9 Å². The third kappa shape index (κ3) is 4.51. The Morgan fingerprint density at radius 3 is 2.60 bits per heavy atom. The lowest BCUT2D eigenvalue weighted by atomic mass is 10.2. The maximum absolute atomic E-state index is 13.6. The second kappa shape index (κ2) is 7.72. The number of benzene rings is 2. The van der Waals surface area contributed by atoms with Gasteiger partial charge in [0.15, 0.2) is 0 Å². The van der Waals surface area contributed by atoms with Crippen LogP contribution >= 0.6 is 11.6 Å². The van der Waals surface area contributed by atoms with Crippen molar-refractivity contribution >= 4 is 29.1 Å². The van der Waals surface area contributed by atoms with Gasteiger partial charge in [0.2, 0.25) is 5.95 Å². The van der Waals surface area contributed by atoms with Gasteiger partial charge in [0, 0.05) is 29.0 Å². The molecule has 0 fully saturated rings. The summed E-state index contributed by atoms with van der Waals surface area (Å²) in [5.74, 6) is -0.499. The molecule has 1 heterocycles. The summed E-state index contributed by atoms with van der Waals surface area (Å²) in [4.78, 5) is 20.5. The zero-order valence-corrected chi connectivity index (χ0v) is 13.8. The highest BCUT2D eigenvalue weighted by atomic mass is 35.5. The molecular weight excluding hydrogens is 343 g/mol. The second-order valence-corrected chi connectivity index (χ2v) is 5.61. The molecule has 0 aliphatic rings. The van der Waals surface area contributed by atoms with Gasteiger partial charge in [-0.25, -0.2) is 14.4 Å². The van der Waals surface area contributed by atoms with Crippen molar-refractivity contribution in [2.24, 2.45) is 0 Å². The normalized spacial score (nSPS) is 10.3. The van der Waals surface area contributed by atoms with E-state index in [4.69, 9.17) is 11.6 Å². The van der Waals surface area contributed by atoms with Gasteiger partial charge in [-0.1, -0.05) is 29.8 Å². The summed E-state index contributed by atoms with van der Waals surface area (Å²) in [5.41, 5.74) is 1.33. The average Bonchev–Trinajstić information content (AvgIpc) is 2.63. The van der Waals surface area contributed by atoms with E-state index in [9.17, 15) is 9.18 Å². The van der Waals surface area contributed by atoms with Crippen molar-refractivity contribution in [2.75, 3.05) is 5.32 Å². The Balaban J connectivity index is 1.67. The van der Waals surface area contributed by atoms with Crippen molar-refractivity contribution in [2.45, 2.75) is 6.54 Å². The van der Waals surface area contributed by atoms with Crippen molar-refractivity contribution in [3.8, 4) is 0 Å². The summed E-state index contributed by atoms with van der Waals surface area (Å²) in [6.07, 6.45) is 1.48. The minimum absolute atomic E-state index is 0.0788. The number of rotatable bonds is 5. The van der Waals surface area contributed by atoms with Crippen LogP contribution in [0.3, 0.4) is 0 Å². The molecule has 0 spiro atoms. The number of amides is 1. The van der Waals surface area contributed by atoms with Gasteiger partial charge >= 0.3 is 0 Å². The number of halogens is 2. The van der Waals surface area contributed by atoms with E-state index in [-0.39, 0.29) is 24.0 Å². The highest BCUT2D eigenvalue weighted by molar-refractivity contribution is 6.30. The third-order valence-electron chi connectivity index (χ3n) is 3.39. The highest BCUT2D eigenvalue weighted by Crippen LogP contribution is 2.16. The lowest BCUT2D eigenvalue weighted by Gasteiger charge is -2.08. The molecule has 7 heteroatoms. The SMILES string of the molecule is O=C(NCc1ccccc1F)c1ccnc(Nc2ccc(Cl)cc2)n1. The van der Waals surface area contributed by atoms with Crippen LogP contribution in [0.5, 0.6) is 0 Å². The summed E-state index contributed by atoms with van der Waals surface area (Å²) in [6, 6.07) is 14.8. The molecule has 0 aliphatic carbocycles. The van der Waals surface area contributed by atoms with Crippen molar-refractivity contribution in [3.05, 3.63) is 82.9 Å². The molecule has 1 aromatic heterocycles. The molecule has 0 atom stereocenters. The van der Waals surface area contributed by atoms with Gasteiger partial charge in [-0.15, -0.1) is 0 Å². The maximum atomic E-state index is 13.6. The Labute approximate surface area is 148 Å². The second-order valence-electron chi connectivity index (χ2n) is 5.17. The highest BCUT2D eigenvalue weighted by Gasteiger charge is 2.10. The minimum Gasteiger partial charge on any atom is -0.347 e. The minimum atomic E-state index is -0.412. The molecule has 126 valence electrons. The number of carbonyl (C=O) groups is 1. The smallest absolute Gasteiger partial charge is 0.270 e. The van der Waals surface area contributed by atoms with Gasteiger partial charge in [0.1, 0.15) is 11.5 Å². The fourth-order valence-electron chi connectivity index (χ4n) is 2.12. The predicted octanol–water partition coefficient (Wildman–Crippen LogP) is 3.94. The Morgan fingerprint density at radius 2 is 1.84 bits per heavy atom. The van der Waals surface area contributed by atoms with E-state index in [2.05, 4.69) is 20.6 Å². The van der Waals surface area contributed by atoms with Crippen LogP contribution in [0, 0.1) is 5.82 Å². The van der Waals surface area contributed by atoms with Gasteiger partial charge in [-0.2, -0.15) is 0 Å². The molecule has 2 aromatic carbocycles. The Morgan fingerprint density at radius 1 is 1.08 bits per heavy atom. The number of nitrogens with zero attached hydrogens (tertiary/aromatic N) is 2. The average molecular weight is 357 g/mol. The van der Waals surface area contributed by atoms with Crippen molar-refractivity contribution < 1.29 is 9.18 Å². The van der Waals surface area contributed by atoms with Crippen LogP contribution in [-0.4, -0.2) is 15.9 Å². The first-order valence-electron chi connectivity index (χ1n) is 7.49. The van der Waals surface area contributed by atoms with Crippen molar-refractivity contribution in [1.29, 1.82) is 0 Å². The van der Waals surface area contributed by atoms with Gasteiger partial charge in [-0.3, -0.25) is 4.79 Å². The molecule has 0 saturated carbocycles. The fourth-order valence-corrected chi connectivity index (χ4v) is 2.24. The Kier molecular flexibility index (Phi) is 5.20. The summed E-state index contributed by atoms with van der Waals surface area (Å²) in [5, 5.41) is 6.25. The molecule has 0 bridgehead atoms. The molecule has 1 amide bonds. The molecule has 0 saturated heterocycles. The molecule has 5 nitrogen and oxygen atoms in total. The summed E-state index contributed by atoms with van der Waals surface area (Å²) in [6.45, 7) is 0.0788. The first kappa shape index (κ1) is 16.9. The standard InChI is InChI=1S/C18H14ClFN4O/c19-13-5-7-14(8-6-13)23-18-21-10-9-16(24-18)17(25)22-11-12-3-1-2-4-15(12)20/h1-10H,11H2,(H,22,25)(H,21,23,24). The zero-order chi connectivity index (χ0) is 17.6. The number of carbonyl (C=O) groups excluding carboxylic acids is 1. The molecule has 25 heavy (non-hydrogen) atoms. The van der Waals surface area contributed by atoms with Crippen LogP contribution < -0.4 is 10.6 Å². The van der Waals surface area contributed by atoms with Gasteiger partial charge in [0.05, 0.1) is 0 Å². The van der Waals surface area contributed by atoms with Crippen LogP contribution in [-0.2, 0) is 6.54 Å². The largest absolute Gasteiger partial charge is 0.347 e. The number of aromatic nitrogens is 2. The monoisotopic (exact) mass is 356 g/mol. The molecule has 2 N–H and O–H groups in total. The molecule has 0 unspecified atom stereocenters. The summed E-state index contributed by atoms with van der Waals surface area (Å²) < 4.78 is 13.6. The number of hydrogen-bond acceptors (Lipinski definition) is 4. The van der Waals surface area contributed by atoms with E-state index < -0.39 is 5.91 Å². The van der Waals surface area contributed by atoms with Crippen LogP contribution in [0.2, 0.25) is 5.02 Å². The molecular formula is C18H14ClFN4O. The quantitative estimate of drug-likeness (QED) is 0.726. The fraction of sp³-hybridized carbons (Fsp3) is 0.0556. The summed E-state index contributed by atoms with van der Waals surface area (Å²) in [7, 11) is 0. The molecule has 0 aliphatic heterocycles. The Bertz CT molecular complexity index is 886. The van der Waals surface area contributed by atoms with E-state index in [0.29, 0.717) is 10.6 Å². The molecule has 0 radical (unpaired) electrons. The van der Waals surface area contributed by atoms with Gasteiger partial charge in [-0.05, 0) is 36.4 Å². The van der Waals surface area contributed by atoms with Crippen molar-refractivity contribution in [3.63, 3.8) is 0 Å². The van der Waals surface area contributed by atoms with Crippen LogP contribution in [0.25, 0.3) is 0 Å². The number of nitrogens with one attached hydrogen (secondary N) is 2. The van der Waals surface area contributed by atoms with Crippen LogP contribution in [0.1, 0.15) is 16.1 Å². The number of hydrogen-bond donors (Lipinski definition) is 2. The predicted molar refractivity (Wildman–Crippen MR) is 94.3 cm³/mol. The van der Waals surface area contributed by atoms with Crippen molar-refractivity contribution in [1.82, 2.24) is 15.3 Å². The van der Waals surface area contributed by atoms with Gasteiger partial charge < -0.3 is 10.6 Å². The van der Waals surface area contributed by atoms with Crippen LogP contribution in [0.4, 0.5) is 16.0 Å². The van der Waals surface area contributed by atoms with E-state index in [1.165, 1.54) is 18.3 Å². The first-order chi connectivity index (χ1) is 12.1. The summed E-state index contributed by atoms with van der Waals surface area (Å²) >= 11 is 5.84. The lowest BCUT2D eigenvalue weighted by molar-refractivity contribution is 0.0945. The maximum Gasteiger partial charge on any atom is 0.270 e. The molecule has 3 aromatic rings. The van der Waals surface area contributed by atoms with Crippen LogP contribution in [0.15, 0.2) is 60.8 Å². The van der Waals surface area contributed by atoms with E-state index >= 15 is 0 Å². The zero-order valence-electron chi connectivity index (χ0n) is 13.0. The van der Waals surface area contributed by atoms with Gasteiger partial charge in [0.25, 0.3) is 5.91 Å². The van der Waals surface area contributed by atoms with E-state index in [1.54, 1.807) is 42.5 Å². The van der Waals surface area contributed by atoms with E-state index in [0.717, 1.165) is 5.69 Å².